The fourth-order valence-corrected chi connectivity index (χ4v) is 2.15. The second kappa shape index (κ2) is 6.73. The van der Waals surface area contributed by atoms with E-state index in [9.17, 15) is 18.0 Å². The molecule has 0 fully saturated rings. The van der Waals surface area contributed by atoms with Crippen LogP contribution in [0.4, 0.5) is 24.5 Å². The van der Waals surface area contributed by atoms with Crippen molar-refractivity contribution in [1.82, 2.24) is 0 Å². The lowest BCUT2D eigenvalue weighted by Gasteiger charge is -2.14. The van der Waals surface area contributed by atoms with E-state index in [1.54, 1.807) is 12.1 Å². The Bertz CT molecular complexity index is 711. The zero-order valence-corrected chi connectivity index (χ0v) is 12.7. The Balaban J connectivity index is 2.31. The highest BCUT2D eigenvalue weighted by Crippen LogP contribution is 2.28. The molecule has 0 atom stereocenters. The number of ether oxygens (including phenoxy) is 1. The SMILES string of the molecule is CCc1ccc(C(C)=O)c(Nc2cccc(OC(F)(F)F)c2)c1. The van der Waals surface area contributed by atoms with Crippen LogP contribution in [0.25, 0.3) is 0 Å². The highest BCUT2D eigenvalue weighted by atomic mass is 19.4. The largest absolute Gasteiger partial charge is 0.573 e. The molecule has 0 unspecified atom stereocenters. The molecule has 23 heavy (non-hydrogen) atoms. The van der Waals surface area contributed by atoms with Gasteiger partial charge in [0.15, 0.2) is 5.78 Å². The molecular formula is C17H16F3NO2. The standard InChI is InChI=1S/C17H16F3NO2/c1-3-12-7-8-15(11(2)22)16(9-12)21-13-5-4-6-14(10-13)23-17(18,19)20/h4-10,21H,3H2,1-2H3. The molecule has 3 nitrogen and oxygen atoms in total. The van der Waals surface area contributed by atoms with Crippen LogP contribution in [0.2, 0.25) is 0 Å². The zero-order valence-electron chi connectivity index (χ0n) is 12.7. The van der Waals surface area contributed by atoms with Gasteiger partial charge in [0, 0.05) is 23.0 Å². The number of hydrogen-bond acceptors (Lipinski definition) is 3. The first-order chi connectivity index (χ1) is 10.8. The molecule has 6 heteroatoms. The first kappa shape index (κ1) is 16.9. The number of aryl methyl sites for hydroxylation is 1. The predicted octanol–water partition coefficient (Wildman–Crippen LogP) is 5.09. The maximum Gasteiger partial charge on any atom is 0.573 e. The first-order valence-corrected chi connectivity index (χ1v) is 7.05. The van der Waals surface area contributed by atoms with Gasteiger partial charge in [-0.25, -0.2) is 0 Å². The van der Waals surface area contributed by atoms with Crippen molar-refractivity contribution < 1.29 is 22.7 Å². The van der Waals surface area contributed by atoms with E-state index in [2.05, 4.69) is 10.1 Å². The third-order valence-corrected chi connectivity index (χ3v) is 3.22. The van der Waals surface area contributed by atoms with E-state index in [-0.39, 0.29) is 11.5 Å². The molecule has 0 aliphatic rings. The van der Waals surface area contributed by atoms with Gasteiger partial charge >= 0.3 is 6.36 Å². The Hall–Kier alpha value is -2.50. The molecule has 0 aromatic heterocycles. The van der Waals surface area contributed by atoms with Crippen LogP contribution in [0.1, 0.15) is 29.8 Å². The van der Waals surface area contributed by atoms with Crippen molar-refractivity contribution in [3.05, 3.63) is 53.6 Å². The van der Waals surface area contributed by atoms with Gasteiger partial charge in [0.05, 0.1) is 0 Å². The summed E-state index contributed by atoms with van der Waals surface area (Å²) in [5.41, 5.74) is 2.45. The summed E-state index contributed by atoms with van der Waals surface area (Å²) in [6.45, 7) is 3.42. The lowest BCUT2D eigenvalue weighted by Crippen LogP contribution is -2.17. The number of anilines is 2. The van der Waals surface area contributed by atoms with Crippen molar-refractivity contribution in [1.29, 1.82) is 0 Å². The van der Waals surface area contributed by atoms with Gasteiger partial charge in [-0.15, -0.1) is 13.2 Å². The van der Waals surface area contributed by atoms with Crippen LogP contribution >= 0.6 is 0 Å². The third kappa shape index (κ3) is 4.74. The van der Waals surface area contributed by atoms with E-state index in [1.165, 1.54) is 25.1 Å². The number of alkyl halides is 3. The van der Waals surface area contributed by atoms with Gasteiger partial charge in [-0.3, -0.25) is 4.79 Å². The number of ketones is 1. The Kier molecular flexibility index (Phi) is 4.93. The fourth-order valence-electron chi connectivity index (χ4n) is 2.15. The molecule has 0 heterocycles. The molecule has 2 rings (SSSR count). The number of carbonyl (C=O) groups is 1. The monoisotopic (exact) mass is 323 g/mol. The van der Waals surface area contributed by atoms with Gasteiger partial charge in [-0.05, 0) is 43.2 Å². The Morgan fingerprint density at radius 3 is 2.52 bits per heavy atom. The molecule has 0 radical (unpaired) electrons. The van der Waals surface area contributed by atoms with Crippen molar-refractivity contribution in [3.63, 3.8) is 0 Å². The smallest absolute Gasteiger partial charge is 0.406 e. The van der Waals surface area contributed by atoms with Crippen LogP contribution in [0.3, 0.4) is 0 Å². The summed E-state index contributed by atoms with van der Waals surface area (Å²) in [7, 11) is 0. The molecule has 0 saturated carbocycles. The van der Waals surface area contributed by atoms with Crippen molar-refractivity contribution in [2.45, 2.75) is 26.6 Å². The van der Waals surface area contributed by atoms with Crippen LogP contribution in [-0.2, 0) is 6.42 Å². The molecule has 0 saturated heterocycles. The minimum Gasteiger partial charge on any atom is -0.406 e. The minimum absolute atomic E-state index is 0.127. The van der Waals surface area contributed by atoms with E-state index in [1.807, 2.05) is 19.1 Å². The van der Waals surface area contributed by atoms with Crippen LogP contribution < -0.4 is 10.1 Å². The van der Waals surface area contributed by atoms with Gasteiger partial charge < -0.3 is 10.1 Å². The average molecular weight is 323 g/mol. The topological polar surface area (TPSA) is 38.3 Å². The number of halogens is 3. The fraction of sp³-hybridized carbons (Fsp3) is 0.235. The Morgan fingerprint density at radius 2 is 1.91 bits per heavy atom. The Labute approximate surface area is 132 Å². The van der Waals surface area contributed by atoms with Crippen molar-refractivity contribution in [3.8, 4) is 5.75 Å². The lowest BCUT2D eigenvalue weighted by atomic mass is 10.0. The molecule has 1 N–H and O–H groups in total. The highest BCUT2D eigenvalue weighted by Gasteiger charge is 2.31. The number of hydrogen-bond donors (Lipinski definition) is 1. The summed E-state index contributed by atoms with van der Waals surface area (Å²) < 4.78 is 40.7. The van der Waals surface area contributed by atoms with E-state index >= 15 is 0 Å². The predicted molar refractivity (Wildman–Crippen MR) is 82.2 cm³/mol. The Morgan fingerprint density at radius 1 is 1.17 bits per heavy atom. The molecule has 0 bridgehead atoms. The first-order valence-electron chi connectivity index (χ1n) is 7.05. The second-order valence-electron chi connectivity index (χ2n) is 4.99. The van der Waals surface area contributed by atoms with Crippen molar-refractivity contribution in [2.24, 2.45) is 0 Å². The number of rotatable bonds is 5. The van der Waals surface area contributed by atoms with Crippen LogP contribution in [0.5, 0.6) is 5.75 Å². The van der Waals surface area contributed by atoms with E-state index in [4.69, 9.17) is 0 Å². The maximum absolute atomic E-state index is 12.3. The van der Waals surface area contributed by atoms with Gasteiger partial charge in [0.25, 0.3) is 0 Å². The maximum atomic E-state index is 12.3. The molecule has 0 aliphatic heterocycles. The van der Waals surface area contributed by atoms with E-state index in [0.29, 0.717) is 16.9 Å². The molecule has 0 spiro atoms. The van der Waals surface area contributed by atoms with Crippen LogP contribution in [-0.4, -0.2) is 12.1 Å². The quantitative estimate of drug-likeness (QED) is 0.779. The van der Waals surface area contributed by atoms with E-state index < -0.39 is 6.36 Å². The summed E-state index contributed by atoms with van der Waals surface area (Å²) in [5.74, 6) is -0.448. The van der Waals surface area contributed by atoms with Crippen molar-refractivity contribution in [2.75, 3.05) is 5.32 Å². The molecule has 0 aliphatic carbocycles. The molecular weight excluding hydrogens is 307 g/mol. The summed E-state index contributed by atoms with van der Waals surface area (Å²) in [4.78, 5) is 11.7. The highest BCUT2D eigenvalue weighted by molar-refractivity contribution is 6.00. The van der Waals surface area contributed by atoms with Gasteiger partial charge in [0.2, 0.25) is 0 Å². The summed E-state index contributed by atoms with van der Waals surface area (Å²) in [6, 6.07) is 10.9. The third-order valence-electron chi connectivity index (χ3n) is 3.22. The normalized spacial score (nSPS) is 11.2. The molecule has 122 valence electrons. The van der Waals surface area contributed by atoms with Crippen LogP contribution in [0, 0.1) is 0 Å². The second-order valence-corrected chi connectivity index (χ2v) is 4.99. The molecule has 0 amide bonds. The summed E-state index contributed by atoms with van der Waals surface area (Å²) >= 11 is 0. The number of Topliss-reactive ketones (excluding diaryl/α,β-unsaturated/α-hetero) is 1. The number of nitrogens with one attached hydrogen (secondary N) is 1. The lowest BCUT2D eigenvalue weighted by molar-refractivity contribution is -0.274. The number of benzene rings is 2. The summed E-state index contributed by atoms with van der Waals surface area (Å²) in [6.07, 6.45) is -3.96. The van der Waals surface area contributed by atoms with Gasteiger partial charge in [-0.1, -0.05) is 19.1 Å². The molecule has 2 aromatic rings. The average Bonchev–Trinajstić information content (AvgIpc) is 2.45. The van der Waals surface area contributed by atoms with E-state index in [0.717, 1.165) is 12.0 Å². The number of carbonyl (C=O) groups excluding carboxylic acids is 1. The molecule has 2 aromatic carbocycles. The van der Waals surface area contributed by atoms with Gasteiger partial charge in [0.1, 0.15) is 5.75 Å². The minimum atomic E-state index is -4.74. The van der Waals surface area contributed by atoms with Gasteiger partial charge in [-0.2, -0.15) is 0 Å². The van der Waals surface area contributed by atoms with Crippen LogP contribution in [0.15, 0.2) is 42.5 Å². The zero-order chi connectivity index (χ0) is 17.0. The van der Waals surface area contributed by atoms with Crippen molar-refractivity contribution >= 4 is 17.2 Å². The summed E-state index contributed by atoms with van der Waals surface area (Å²) in [5, 5.41) is 2.99.